The van der Waals surface area contributed by atoms with Gasteiger partial charge in [-0.1, -0.05) is 36.4 Å². The van der Waals surface area contributed by atoms with E-state index in [2.05, 4.69) is 57.7 Å². The molecule has 1 N–H and O–H groups in total. The predicted molar refractivity (Wildman–Crippen MR) is 107 cm³/mol. The lowest BCUT2D eigenvalue weighted by atomic mass is 10.0. The van der Waals surface area contributed by atoms with Crippen LogP contribution < -0.4 is 10.1 Å². The van der Waals surface area contributed by atoms with E-state index < -0.39 is 0 Å². The Morgan fingerprint density at radius 2 is 1.88 bits per heavy atom. The number of fused-ring (bicyclic) bond motifs is 1. The summed E-state index contributed by atoms with van der Waals surface area (Å²) in [6, 6.07) is 19.4. The summed E-state index contributed by atoms with van der Waals surface area (Å²) in [6.07, 6.45) is 4.14. The number of piperidine rings is 1. The quantitative estimate of drug-likeness (QED) is 0.746. The van der Waals surface area contributed by atoms with Gasteiger partial charge >= 0.3 is 0 Å². The summed E-state index contributed by atoms with van der Waals surface area (Å²) < 4.78 is 5.38. The van der Waals surface area contributed by atoms with Crippen molar-refractivity contribution in [1.29, 1.82) is 0 Å². The van der Waals surface area contributed by atoms with Crippen molar-refractivity contribution in [1.82, 2.24) is 9.88 Å². The molecular formula is C22H25N3O. The molecule has 4 rings (SSSR count). The molecule has 0 unspecified atom stereocenters. The molecule has 4 nitrogen and oxygen atoms in total. The third kappa shape index (κ3) is 3.81. The van der Waals surface area contributed by atoms with Crippen molar-refractivity contribution < 1.29 is 4.74 Å². The second kappa shape index (κ2) is 7.75. The molecule has 0 bridgehead atoms. The highest BCUT2D eigenvalue weighted by atomic mass is 16.5. The minimum atomic E-state index is 0.464. The molecule has 0 atom stereocenters. The first-order valence-electron chi connectivity index (χ1n) is 9.27. The minimum absolute atomic E-state index is 0.464. The molecule has 1 fully saturated rings. The number of ether oxygens (including phenoxy) is 1. The van der Waals surface area contributed by atoms with Crippen LogP contribution in [0.25, 0.3) is 10.8 Å². The van der Waals surface area contributed by atoms with Gasteiger partial charge in [0.1, 0.15) is 11.6 Å². The van der Waals surface area contributed by atoms with E-state index in [0.29, 0.717) is 6.04 Å². The van der Waals surface area contributed by atoms with Gasteiger partial charge in [-0.15, -0.1) is 0 Å². The zero-order valence-corrected chi connectivity index (χ0v) is 15.2. The molecule has 1 aromatic heterocycles. The monoisotopic (exact) mass is 347 g/mol. The van der Waals surface area contributed by atoms with E-state index in [0.717, 1.165) is 49.4 Å². The molecule has 0 radical (unpaired) electrons. The molecule has 0 amide bonds. The van der Waals surface area contributed by atoms with Crippen LogP contribution in [0.4, 0.5) is 5.82 Å². The van der Waals surface area contributed by atoms with E-state index in [-0.39, 0.29) is 0 Å². The fourth-order valence-electron chi connectivity index (χ4n) is 3.66. The maximum atomic E-state index is 5.38. The number of hydrogen-bond donors (Lipinski definition) is 1. The maximum Gasteiger partial charge on any atom is 0.134 e. The number of nitrogens with one attached hydrogen (secondary N) is 1. The molecule has 1 aliphatic heterocycles. The first-order valence-corrected chi connectivity index (χ1v) is 9.27. The van der Waals surface area contributed by atoms with Gasteiger partial charge in [-0.25, -0.2) is 4.98 Å². The Hall–Kier alpha value is -2.59. The number of nitrogens with zero attached hydrogens (tertiary/aromatic N) is 2. The van der Waals surface area contributed by atoms with Gasteiger partial charge in [-0.05, 0) is 42.0 Å². The lowest BCUT2D eigenvalue weighted by molar-refractivity contribution is 0.211. The minimum Gasteiger partial charge on any atom is -0.497 e. The number of pyridine rings is 1. The Morgan fingerprint density at radius 3 is 2.65 bits per heavy atom. The molecule has 1 aliphatic rings. The van der Waals surface area contributed by atoms with Gasteiger partial charge < -0.3 is 10.1 Å². The van der Waals surface area contributed by atoms with Crippen LogP contribution in [0.15, 0.2) is 60.8 Å². The highest BCUT2D eigenvalue weighted by Gasteiger charge is 2.20. The van der Waals surface area contributed by atoms with Gasteiger partial charge in [-0.2, -0.15) is 0 Å². The summed E-state index contributed by atoms with van der Waals surface area (Å²) in [6.45, 7) is 3.26. The van der Waals surface area contributed by atoms with Crippen molar-refractivity contribution in [2.45, 2.75) is 25.4 Å². The Kier molecular flexibility index (Phi) is 5.02. The van der Waals surface area contributed by atoms with Crippen LogP contribution in [0.1, 0.15) is 18.4 Å². The van der Waals surface area contributed by atoms with Gasteiger partial charge in [0.2, 0.25) is 0 Å². The SMILES string of the molecule is COc1ccc2ccnc(NC3CCN(Cc4ccccc4)CC3)c2c1. The maximum absolute atomic E-state index is 5.38. The molecule has 0 aliphatic carbocycles. The second-order valence-corrected chi connectivity index (χ2v) is 6.93. The van der Waals surface area contributed by atoms with Crippen LogP contribution >= 0.6 is 0 Å². The van der Waals surface area contributed by atoms with Gasteiger partial charge in [0.15, 0.2) is 0 Å². The molecule has 2 aromatic carbocycles. The Labute approximate surface area is 154 Å². The Bertz CT molecular complexity index is 858. The number of rotatable bonds is 5. The third-order valence-corrected chi connectivity index (χ3v) is 5.15. The number of likely N-dealkylation sites (tertiary alicyclic amines) is 1. The molecule has 0 saturated carbocycles. The molecular weight excluding hydrogens is 322 g/mol. The molecule has 134 valence electrons. The lowest BCUT2D eigenvalue weighted by Gasteiger charge is -2.32. The van der Waals surface area contributed by atoms with Crippen LogP contribution in [-0.2, 0) is 6.54 Å². The molecule has 3 aromatic rings. The van der Waals surface area contributed by atoms with Crippen LogP contribution in [0.2, 0.25) is 0 Å². The van der Waals surface area contributed by atoms with Gasteiger partial charge in [-0.3, -0.25) is 4.90 Å². The normalized spacial score (nSPS) is 15.9. The predicted octanol–water partition coefficient (Wildman–Crippen LogP) is 4.32. The van der Waals surface area contributed by atoms with Crippen molar-refractivity contribution in [2.75, 3.05) is 25.5 Å². The van der Waals surface area contributed by atoms with Crippen LogP contribution in [0.5, 0.6) is 5.75 Å². The summed E-state index contributed by atoms with van der Waals surface area (Å²) >= 11 is 0. The van der Waals surface area contributed by atoms with Crippen LogP contribution in [0.3, 0.4) is 0 Å². The largest absolute Gasteiger partial charge is 0.497 e. The number of benzene rings is 2. The van der Waals surface area contributed by atoms with Crippen molar-refractivity contribution in [2.24, 2.45) is 0 Å². The number of anilines is 1. The van der Waals surface area contributed by atoms with Gasteiger partial charge in [0.05, 0.1) is 7.11 Å². The zero-order chi connectivity index (χ0) is 17.8. The fourth-order valence-corrected chi connectivity index (χ4v) is 3.66. The molecule has 4 heteroatoms. The van der Waals surface area contributed by atoms with Gasteiger partial charge in [0, 0.05) is 37.3 Å². The molecule has 1 saturated heterocycles. The lowest BCUT2D eigenvalue weighted by Crippen LogP contribution is -2.38. The van der Waals surface area contributed by atoms with Crippen molar-refractivity contribution in [3.05, 3.63) is 66.4 Å². The number of methoxy groups -OCH3 is 1. The molecule has 26 heavy (non-hydrogen) atoms. The average Bonchev–Trinajstić information content (AvgIpc) is 2.70. The van der Waals surface area contributed by atoms with Crippen molar-refractivity contribution in [3.8, 4) is 5.75 Å². The fraction of sp³-hybridized carbons (Fsp3) is 0.318. The van der Waals surface area contributed by atoms with Crippen LogP contribution in [0, 0.1) is 0 Å². The Morgan fingerprint density at radius 1 is 1.08 bits per heavy atom. The van der Waals surface area contributed by atoms with Crippen molar-refractivity contribution in [3.63, 3.8) is 0 Å². The molecule has 2 heterocycles. The summed E-state index contributed by atoms with van der Waals surface area (Å²) in [5.74, 6) is 1.83. The third-order valence-electron chi connectivity index (χ3n) is 5.15. The van der Waals surface area contributed by atoms with Crippen molar-refractivity contribution >= 4 is 16.6 Å². The highest BCUT2D eigenvalue weighted by molar-refractivity contribution is 5.92. The average molecular weight is 347 g/mol. The Balaban J connectivity index is 1.41. The summed E-state index contributed by atoms with van der Waals surface area (Å²) in [5.41, 5.74) is 1.39. The standard InChI is InChI=1S/C22H25N3O/c1-26-20-8-7-18-9-12-23-22(21(18)15-20)24-19-10-13-25(14-11-19)16-17-5-3-2-4-6-17/h2-9,12,15,19H,10-11,13-14,16H2,1H3,(H,23,24). The summed E-state index contributed by atoms with van der Waals surface area (Å²) in [5, 5.41) is 5.97. The van der Waals surface area contributed by atoms with E-state index in [9.17, 15) is 0 Å². The van der Waals surface area contributed by atoms with Gasteiger partial charge in [0.25, 0.3) is 0 Å². The van der Waals surface area contributed by atoms with E-state index in [1.165, 1.54) is 10.9 Å². The second-order valence-electron chi connectivity index (χ2n) is 6.93. The molecule has 0 spiro atoms. The first kappa shape index (κ1) is 16.9. The van der Waals surface area contributed by atoms with E-state index >= 15 is 0 Å². The van der Waals surface area contributed by atoms with Crippen LogP contribution in [-0.4, -0.2) is 36.1 Å². The first-order chi connectivity index (χ1) is 12.8. The number of aromatic nitrogens is 1. The topological polar surface area (TPSA) is 37.4 Å². The summed E-state index contributed by atoms with van der Waals surface area (Å²) in [7, 11) is 1.70. The number of hydrogen-bond acceptors (Lipinski definition) is 4. The highest BCUT2D eigenvalue weighted by Crippen LogP contribution is 2.27. The van der Waals surface area contributed by atoms with E-state index in [4.69, 9.17) is 4.74 Å². The van der Waals surface area contributed by atoms with E-state index in [1.807, 2.05) is 18.3 Å². The smallest absolute Gasteiger partial charge is 0.134 e. The van der Waals surface area contributed by atoms with E-state index in [1.54, 1.807) is 7.11 Å². The zero-order valence-electron chi connectivity index (χ0n) is 15.2. The summed E-state index contributed by atoms with van der Waals surface area (Å²) in [4.78, 5) is 7.12.